The van der Waals surface area contributed by atoms with Crippen molar-refractivity contribution in [2.45, 2.75) is 0 Å². The van der Waals surface area contributed by atoms with Crippen LogP contribution in [0.5, 0.6) is 0 Å². The van der Waals surface area contributed by atoms with Gasteiger partial charge in [0.25, 0.3) is 0 Å². The minimum Gasteiger partial charge on any atom is -0.382 e. The Morgan fingerprint density at radius 2 is 2.14 bits per heavy atom. The lowest BCUT2D eigenvalue weighted by molar-refractivity contribution is 0.0958. The van der Waals surface area contributed by atoms with Crippen LogP contribution in [-0.4, -0.2) is 26.3 Å². The molecule has 0 bridgehead atoms. The molecule has 0 saturated carbocycles. The van der Waals surface area contributed by atoms with Crippen LogP contribution in [0.3, 0.4) is 0 Å². The maximum absolute atomic E-state index is 4.76. The molecular formula is C4H9O2S. The third kappa shape index (κ3) is 6.27. The van der Waals surface area contributed by atoms with Crippen molar-refractivity contribution in [3.63, 3.8) is 0 Å². The Bertz CT molecular complexity index is 28.9. The maximum Gasteiger partial charge on any atom is 0.102 e. The van der Waals surface area contributed by atoms with Crippen LogP contribution in [0.1, 0.15) is 0 Å². The van der Waals surface area contributed by atoms with Crippen LogP contribution in [-0.2, 0) is 9.47 Å². The van der Waals surface area contributed by atoms with Crippen molar-refractivity contribution in [3.05, 3.63) is 0 Å². The standard InChI is InChI=1S/C4H9O2S/c1-5-2-3-6-4-7/h2-4H2,1H3. The van der Waals surface area contributed by atoms with Gasteiger partial charge in [0, 0.05) is 7.11 Å². The summed E-state index contributed by atoms with van der Waals surface area (Å²) in [5.41, 5.74) is 0. The van der Waals surface area contributed by atoms with Gasteiger partial charge in [0.2, 0.25) is 0 Å². The molecule has 0 amide bonds. The Morgan fingerprint density at radius 3 is 2.57 bits per heavy atom. The molecule has 0 aromatic heterocycles. The van der Waals surface area contributed by atoms with Gasteiger partial charge in [-0.05, 0) is 0 Å². The number of hydrogen-bond donors (Lipinski definition) is 0. The molecule has 43 valence electrons. The zero-order chi connectivity index (χ0) is 5.54. The maximum atomic E-state index is 4.76. The molecule has 0 heterocycles. The molecule has 0 spiro atoms. The van der Waals surface area contributed by atoms with E-state index in [1.807, 2.05) is 0 Å². The van der Waals surface area contributed by atoms with E-state index in [0.717, 1.165) is 0 Å². The summed E-state index contributed by atoms with van der Waals surface area (Å²) >= 11 is 4.49. The first-order valence-electron chi connectivity index (χ1n) is 2.06. The fourth-order valence-electron chi connectivity index (χ4n) is 0.201. The second kappa shape index (κ2) is 6.27. The van der Waals surface area contributed by atoms with E-state index in [-0.39, 0.29) is 0 Å². The van der Waals surface area contributed by atoms with Crippen molar-refractivity contribution in [1.29, 1.82) is 0 Å². The van der Waals surface area contributed by atoms with Gasteiger partial charge in [-0.3, -0.25) is 0 Å². The highest BCUT2D eigenvalue weighted by Crippen LogP contribution is 1.76. The molecule has 0 rings (SSSR count). The molecule has 2 nitrogen and oxygen atoms in total. The van der Waals surface area contributed by atoms with Crippen molar-refractivity contribution < 1.29 is 9.47 Å². The Labute approximate surface area is 49.2 Å². The van der Waals surface area contributed by atoms with Crippen LogP contribution >= 0.6 is 12.6 Å². The summed E-state index contributed by atoms with van der Waals surface area (Å²) in [6.45, 7) is 1.25. The van der Waals surface area contributed by atoms with E-state index in [4.69, 9.17) is 4.74 Å². The number of rotatable bonds is 4. The number of methoxy groups -OCH3 is 1. The summed E-state index contributed by atoms with van der Waals surface area (Å²) in [6.07, 6.45) is 0. The summed E-state index contributed by atoms with van der Waals surface area (Å²) in [5.74, 6) is 0.364. The summed E-state index contributed by atoms with van der Waals surface area (Å²) in [7, 11) is 1.63. The molecule has 0 aliphatic rings. The van der Waals surface area contributed by atoms with Gasteiger partial charge in [-0.15, -0.1) is 0 Å². The van der Waals surface area contributed by atoms with E-state index in [1.165, 1.54) is 0 Å². The highest BCUT2D eigenvalue weighted by atomic mass is 32.1. The van der Waals surface area contributed by atoms with Gasteiger partial charge in [0.15, 0.2) is 0 Å². The lowest BCUT2D eigenvalue weighted by Gasteiger charge is -1.95. The average molecular weight is 121 g/mol. The number of hydrogen-bond acceptors (Lipinski definition) is 2. The van der Waals surface area contributed by atoms with Gasteiger partial charge < -0.3 is 9.47 Å². The van der Waals surface area contributed by atoms with Gasteiger partial charge in [-0.1, -0.05) is 12.6 Å². The molecule has 0 aliphatic heterocycles. The van der Waals surface area contributed by atoms with E-state index in [1.54, 1.807) is 7.11 Å². The molecule has 0 fully saturated rings. The molecular weight excluding hydrogens is 112 g/mol. The first kappa shape index (κ1) is 7.27. The summed E-state index contributed by atoms with van der Waals surface area (Å²) < 4.78 is 9.44. The summed E-state index contributed by atoms with van der Waals surface area (Å²) in [5, 5.41) is 0. The van der Waals surface area contributed by atoms with E-state index < -0.39 is 0 Å². The van der Waals surface area contributed by atoms with Crippen molar-refractivity contribution in [1.82, 2.24) is 0 Å². The zero-order valence-electron chi connectivity index (χ0n) is 4.35. The molecule has 1 radical (unpaired) electrons. The second-order valence-corrected chi connectivity index (χ2v) is 1.25. The van der Waals surface area contributed by atoms with Crippen molar-refractivity contribution in [3.8, 4) is 0 Å². The first-order chi connectivity index (χ1) is 3.41. The fourth-order valence-corrected chi connectivity index (χ4v) is 0.319. The highest BCUT2D eigenvalue weighted by Gasteiger charge is 1.78. The van der Waals surface area contributed by atoms with E-state index in [9.17, 15) is 0 Å². The molecule has 0 saturated heterocycles. The molecule has 0 atom stereocenters. The van der Waals surface area contributed by atoms with Crippen LogP contribution in [0.2, 0.25) is 0 Å². The van der Waals surface area contributed by atoms with Gasteiger partial charge in [-0.25, -0.2) is 0 Å². The minimum absolute atomic E-state index is 0.364. The lowest BCUT2D eigenvalue weighted by atomic mass is 10.8. The third-order valence-corrected chi connectivity index (χ3v) is 0.682. The largest absolute Gasteiger partial charge is 0.382 e. The van der Waals surface area contributed by atoms with Gasteiger partial charge in [0.05, 0.1) is 13.2 Å². The normalized spacial score (nSPS) is 9.43. The fraction of sp³-hybridized carbons (Fsp3) is 1.00. The van der Waals surface area contributed by atoms with E-state index in [0.29, 0.717) is 19.2 Å². The van der Waals surface area contributed by atoms with Gasteiger partial charge in [-0.2, -0.15) is 0 Å². The molecule has 7 heavy (non-hydrogen) atoms. The molecule has 3 heteroatoms. The van der Waals surface area contributed by atoms with Crippen LogP contribution in [0.4, 0.5) is 0 Å². The van der Waals surface area contributed by atoms with Crippen LogP contribution in [0.25, 0.3) is 0 Å². The summed E-state index contributed by atoms with van der Waals surface area (Å²) in [6, 6.07) is 0. The molecule has 0 aliphatic carbocycles. The molecule has 0 aromatic carbocycles. The Hall–Kier alpha value is 0.270. The van der Waals surface area contributed by atoms with Crippen molar-refractivity contribution in [2.24, 2.45) is 0 Å². The predicted molar refractivity (Wildman–Crippen MR) is 30.3 cm³/mol. The topological polar surface area (TPSA) is 18.5 Å². The predicted octanol–water partition coefficient (Wildman–Crippen LogP) is 0.804. The minimum atomic E-state index is 0.364. The Balaban J connectivity index is 2.45. The SMILES string of the molecule is COCCOC[S]. The van der Waals surface area contributed by atoms with E-state index >= 15 is 0 Å². The molecule has 0 N–H and O–H groups in total. The quantitative estimate of drug-likeness (QED) is 0.512. The van der Waals surface area contributed by atoms with Crippen LogP contribution < -0.4 is 0 Å². The second-order valence-electron chi connectivity index (χ2n) is 1.02. The monoisotopic (exact) mass is 121 g/mol. The highest BCUT2D eigenvalue weighted by molar-refractivity contribution is 7.80. The Morgan fingerprint density at radius 1 is 1.43 bits per heavy atom. The van der Waals surface area contributed by atoms with Gasteiger partial charge >= 0.3 is 0 Å². The van der Waals surface area contributed by atoms with Crippen molar-refractivity contribution >= 4 is 12.6 Å². The van der Waals surface area contributed by atoms with Crippen LogP contribution in [0, 0.1) is 0 Å². The van der Waals surface area contributed by atoms with Crippen molar-refractivity contribution in [2.75, 3.05) is 26.3 Å². The first-order valence-corrected chi connectivity index (χ1v) is 2.64. The van der Waals surface area contributed by atoms with E-state index in [2.05, 4.69) is 17.4 Å². The van der Waals surface area contributed by atoms with Crippen LogP contribution in [0.15, 0.2) is 0 Å². The Kier molecular flexibility index (Phi) is 6.51. The lowest BCUT2D eigenvalue weighted by Crippen LogP contribution is -1.99. The average Bonchev–Trinajstić information content (AvgIpc) is 1.69. The van der Waals surface area contributed by atoms with Gasteiger partial charge in [0.1, 0.15) is 5.94 Å². The smallest absolute Gasteiger partial charge is 0.102 e. The molecule has 0 aromatic rings. The number of ether oxygens (including phenoxy) is 2. The zero-order valence-corrected chi connectivity index (χ0v) is 5.16. The third-order valence-electron chi connectivity index (χ3n) is 0.515. The molecule has 0 unspecified atom stereocenters. The summed E-state index contributed by atoms with van der Waals surface area (Å²) in [4.78, 5) is 0.